The van der Waals surface area contributed by atoms with E-state index in [-0.39, 0.29) is 29.1 Å². The van der Waals surface area contributed by atoms with Gasteiger partial charge < -0.3 is 34.1 Å². The number of carbonyl (C=O) groups excluding carboxylic acids is 3. The molecule has 0 bridgehead atoms. The molecule has 10 heteroatoms. The molecule has 1 aromatic heterocycles. The highest BCUT2D eigenvalue weighted by atomic mass is 16.5. The summed E-state index contributed by atoms with van der Waals surface area (Å²) >= 11 is 0. The number of nitrogens with zero attached hydrogens (tertiary/aromatic N) is 2. The number of rotatable bonds is 9. The summed E-state index contributed by atoms with van der Waals surface area (Å²) in [4.78, 5) is 45.2. The van der Waals surface area contributed by atoms with Crippen LogP contribution in [0.1, 0.15) is 45.3 Å². The summed E-state index contributed by atoms with van der Waals surface area (Å²) in [5.74, 6) is -1.57. The number of aromatic amines is 1. The molecular formula is C26H33N3O7. The number of hydrogen-bond acceptors (Lipinski definition) is 8. The molecule has 2 aromatic rings. The molecule has 1 saturated heterocycles. The number of ether oxygens (including phenoxy) is 3. The number of benzene rings is 1. The number of likely N-dealkylation sites (tertiary alicyclic amines) is 1. The first-order valence-electron chi connectivity index (χ1n) is 11.5. The van der Waals surface area contributed by atoms with Gasteiger partial charge in [0.25, 0.3) is 11.7 Å². The summed E-state index contributed by atoms with van der Waals surface area (Å²) < 4.78 is 15.8. The Labute approximate surface area is 210 Å². The molecule has 194 valence electrons. The van der Waals surface area contributed by atoms with Crippen LogP contribution in [-0.2, 0) is 14.3 Å². The zero-order valence-corrected chi connectivity index (χ0v) is 21.7. The summed E-state index contributed by atoms with van der Waals surface area (Å²) in [6, 6.07) is 4.17. The van der Waals surface area contributed by atoms with E-state index < -0.39 is 23.7 Å². The molecule has 1 aliphatic heterocycles. The SMILES string of the molecule is COC(=O)c1[nH]c(C)c(C(O)=C2C(=O)C(=O)N(CCCN(C)C)C2c2cc(OC)ccc2OC)c1C. The molecule has 1 atom stereocenters. The van der Waals surface area contributed by atoms with E-state index in [2.05, 4.69) is 4.98 Å². The van der Waals surface area contributed by atoms with E-state index in [1.807, 2.05) is 19.0 Å². The van der Waals surface area contributed by atoms with E-state index in [0.29, 0.717) is 41.3 Å². The normalized spacial score (nSPS) is 17.1. The number of methoxy groups -OCH3 is 3. The van der Waals surface area contributed by atoms with Crippen LogP contribution in [0.2, 0.25) is 0 Å². The van der Waals surface area contributed by atoms with Gasteiger partial charge in [-0.3, -0.25) is 9.59 Å². The fraction of sp³-hybridized carbons (Fsp3) is 0.423. The fourth-order valence-corrected chi connectivity index (χ4v) is 4.59. The number of aromatic nitrogens is 1. The number of aliphatic hydroxyl groups excluding tert-OH is 1. The summed E-state index contributed by atoms with van der Waals surface area (Å²) in [5, 5.41) is 11.5. The third-order valence-corrected chi connectivity index (χ3v) is 6.34. The van der Waals surface area contributed by atoms with E-state index in [1.165, 1.54) is 26.2 Å². The van der Waals surface area contributed by atoms with Gasteiger partial charge in [-0.25, -0.2) is 4.79 Å². The fourth-order valence-electron chi connectivity index (χ4n) is 4.59. The van der Waals surface area contributed by atoms with Crippen LogP contribution in [-0.4, -0.2) is 86.1 Å². The van der Waals surface area contributed by atoms with E-state index >= 15 is 0 Å². The molecule has 1 aliphatic rings. The summed E-state index contributed by atoms with van der Waals surface area (Å²) in [6.45, 7) is 4.29. The average molecular weight is 500 g/mol. The van der Waals surface area contributed by atoms with Gasteiger partial charge >= 0.3 is 5.97 Å². The third kappa shape index (κ3) is 4.81. The Morgan fingerprint density at radius 3 is 2.42 bits per heavy atom. The topological polar surface area (TPSA) is 121 Å². The van der Waals surface area contributed by atoms with E-state index in [9.17, 15) is 19.5 Å². The Morgan fingerprint density at radius 1 is 1.14 bits per heavy atom. The van der Waals surface area contributed by atoms with Gasteiger partial charge in [-0.2, -0.15) is 0 Å². The highest BCUT2D eigenvalue weighted by molar-refractivity contribution is 6.46. The Hall–Kier alpha value is -3.79. The van der Waals surface area contributed by atoms with E-state index in [0.717, 1.165) is 0 Å². The number of esters is 1. The Morgan fingerprint density at radius 2 is 1.83 bits per heavy atom. The quantitative estimate of drug-likeness (QED) is 0.234. The Balaban J connectivity index is 2.27. The molecule has 3 rings (SSSR count). The zero-order chi connectivity index (χ0) is 26.7. The van der Waals surface area contributed by atoms with Gasteiger partial charge in [0.1, 0.15) is 23.0 Å². The van der Waals surface area contributed by atoms with Gasteiger partial charge in [0.2, 0.25) is 0 Å². The van der Waals surface area contributed by atoms with Crippen molar-refractivity contribution in [2.75, 3.05) is 48.5 Å². The monoisotopic (exact) mass is 499 g/mol. The average Bonchev–Trinajstić information content (AvgIpc) is 3.29. The smallest absolute Gasteiger partial charge is 0.354 e. The van der Waals surface area contributed by atoms with Crippen molar-refractivity contribution in [3.8, 4) is 11.5 Å². The Kier molecular flexibility index (Phi) is 8.09. The maximum atomic E-state index is 13.4. The summed E-state index contributed by atoms with van der Waals surface area (Å²) in [5.41, 5.74) is 1.72. The zero-order valence-electron chi connectivity index (χ0n) is 21.7. The number of hydrogen-bond donors (Lipinski definition) is 2. The largest absolute Gasteiger partial charge is 0.507 e. The predicted molar refractivity (Wildman–Crippen MR) is 133 cm³/mol. The minimum Gasteiger partial charge on any atom is -0.507 e. The van der Waals surface area contributed by atoms with E-state index in [1.54, 1.807) is 32.0 Å². The maximum absolute atomic E-state index is 13.4. The van der Waals surface area contributed by atoms with Crippen LogP contribution in [0.4, 0.5) is 0 Å². The van der Waals surface area contributed by atoms with Crippen LogP contribution in [0.25, 0.3) is 5.76 Å². The van der Waals surface area contributed by atoms with Crippen LogP contribution in [0.5, 0.6) is 11.5 Å². The lowest BCUT2D eigenvalue weighted by atomic mass is 9.93. The number of aliphatic hydroxyl groups is 1. The van der Waals surface area contributed by atoms with Crippen LogP contribution in [0, 0.1) is 13.8 Å². The molecule has 36 heavy (non-hydrogen) atoms. The number of H-pyrrole nitrogens is 1. The lowest BCUT2D eigenvalue weighted by molar-refractivity contribution is -0.140. The second-order valence-corrected chi connectivity index (χ2v) is 8.87. The number of carbonyl (C=O) groups is 3. The van der Waals surface area contributed by atoms with Gasteiger partial charge in [0.15, 0.2) is 0 Å². The first kappa shape index (κ1) is 26.8. The molecule has 2 heterocycles. The van der Waals surface area contributed by atoms with Crippen molar-refractivity contribution in [1.29, 1.82) is 0 Å². The first-order chi connectivity index (χ1) is 17.1. The van der Waals surface area contributed by atoms with Crippen molar-refractivity contribution in [3.63, 3.8) is 0 Å². The molecule has 10 nitrogen and oxygen atoms in total. The molecule has 0 radical (unpaired) electrons. The van der Waals surface area contributed by atoms with Crippen LogP contribution in [0.3, 0.4) is 0 Å². The highest BCUT2D eigenvalue weighted by Crippen LogP contribution is 2.44. The molecule has 1 amide bonds. The number of Topliss-reactive ketones (excluding diaryl/α,β-unsaturated/α-hetero) is 1. The van der Waals surface area contributed by atoms with Gasteiger partial charge in [-0.05, 0) is 64.7 Å². The third-order valence-electron chi connectivity index (χ3n) is 6.34. The number of aryl methyl sites for hydroxylation is 1. The van der Waals surface area contributed by atoms with Crippen LogP contribution >= 0.6 is 0 Å². The molecule has 1 unspecified atom stereocenters. The van der Waals surface area contributed by atoms with Crippen molar-refractivity contribution in [1.82, 2.24) is 14.8 Å². The molecular weight excluding hydrogens is 466 g/mol. The maximum Gasteiger partial charge on any atom is 0.354 e. The van der Waals surface area contributed by atoms with Crippen molar-refractivity contribution >= 4 is 23.4 Å². The molecule has 0 spiro atoms. The minimum atomic E-state index is -0.924. The number of nitrogens with one attached hydrogen (secondary N) is 1. The van der Waals surface area contributed by atoms with Gasteiger partial charge in [-0.1, -0.05) is 0 Å². The second kappa shape index (κ2) is 10.9. The number of ketones is 1. The van der Waals surface area contributed by atoms with Crippen molar-refractivity contribution in [3.05, 3.63) is 51.9 Å². The summed E-state index contributed by atoms with van der Waals surface area (Å²) in [7, 11) is 8.11. The van der Waals surface area contributed by atoms with Crippen LogP contribution < -0.4 is 9.47 Å². The van der Waals surface area contributed by atoms with E-state index in [4.69, 9.17) is 14.2 Å². The van der Waals surface area contributed by atoms with Crippen molar-refractivity contribution in [2.24, 2.45) is 0 Å². The van der Waals surface area contributed by atoms with Gasteiger partial charge in [-0.15, -0.1) is 0 Å². The number of amides is 1. The molecule has 2 N–H and O–H groups in total. The lowest BCUT2D eigenvalue weighted by Crippen LogP contribution is -2.32. The predicted octanol–water partition coefficient (Wildman–Crippen LogP) is 2.81. The highest BCUT2D eigenvalue weighted by Gasteiger charge is 2.47. The van der Waals surface area contributed by atoms with Crippen molar-refractivity contribution < 1.29 is 33.7 Å². The molecule has 0 saturated carbocycles. The molecule has 0 aliphatic carbocycles. The van der Waals surface area contributed by atoms with Crippen molar-refractivity contribution in [2.45, 2.75) is 26.3 Å². The van der Waals surface area contributed by atoms with Gasteiger partial charge in [0, 0.05) is 23.4 Å². The first-order valence-corrected chi connectivity index (χ1v) is 11.5. The van der Waals surface area contributed by atoms with Crippen LogP contribution in [0.15, 0.2) is 23.8 Å². The minimum absolute atomic E-state index is 0.0852. The van der Waals surface area contributed by atoms with Gasteiger partial charge in [0.05, 0.1) is 32.9 Å². The second-order valence-electron chi connectivity index (χ2n) is 8.87. The molecule has 1 fully saturated rings. The standard InChI is InChI=1S/C26H33N3O7/c1-14-19(15(2)27-21(14)26(33)36-7)23(30)20-22(17-13-16(34-5)9-10-18(17)35-6)29(25(32)24(20)31)12-8-11-28(3)4/h9-10,13,22,27,30H,8,11-12H2,1-7H3. The Bertz CT molecular complexity index is 1210. The lowest BCUT2D eigenvalue weighted by Gasteiger charge is -2.27. The molecule has 1 aromatic carbocycles. The summed E-state index contributed by atoms with van der Waals surface area (Å²) in [6.07, 6.45) is 0.609.